The average Bonchev–Trinajstić information content (AvgIpc) is 3.15. The van der Waals surface area contributed by atoms with Gasteiger partial charge in [0.25, 0.3) is 0 Å². The summed E-state index contributed by atoms with van der Waals surface area (Å²) in [5, 5.41) is 14.2. The number of likely N-dealkylation sites (tertiary alicyclic amines) is 1. The van der Waals surface area contributed by atoms with E-state index in [1.165, 1.54) is 20.3 Å². The van der Waals surface area contributed by atoms with Crippen LogP contribution < -0.4 is 9.47 Å². The molecule has 0 unspecified atom stereocenters. The Morgan fingerprint density at radius 1 is 1.24 bits per heavy atom. The number of nitrogens with zero attached hydrogens (tertiary/aromatic N) is 2. The molecule has 1 aromatic carbocycles. The first-order chi connectivity index (χ1) is 12.0. The Morgan fingerprint density at radius 3 is 2.60 bits per heavy atom. The van der Waals surface area contributed by atoms with Crippen LogP contribution in [0, 0.1) is 18.7 Å². The van der Waals surface area contributed by atoms with Gasteiger partial charge in [0, 0.05) is 49.7 Å². The molecule has 1 fully saturated rings. The third-order valence-corrected chi connectivity index (χ3v) is 4.57. The zero-order valence-corrected chi connectivity index (χ0v) is 14.7. The summed E-state index contributed by atoms with van der Waals surface area (Å²) in [7, 11) is 3.00. The Morgan fingerprint density at radius 2 is 1.96 bits per heavy atom. The highest BCUT2D eigenvalue weighted by Gasteiger charge is 2.32. The van der Waals surface area contributed by atoms with Crippen LogP contribution in [0.2, 0.25) is 0 Å². The molecule has 2 atom stereocenters. The molecule has 7 heteroatoms. The summed E-state index contributed by atoms with van der Waals surface area (Å²) in [5.41, 5.74) is 1.34. The fraction of sp³-hybridized carbons (Fsp3) is 0.500. The Bertz CT molecular complexity index is 734. The lowest BCUT2D eigenvalue weighted by Crippen LogP contribution is -2.22. The number of aryl methyl sites for hydroxylation is 1. The molecule has 136 valence electrons. The summed E-state index contributed by atoms with van der Waals surface area (Å²) in [6.45, 7) is 3.42. The van der Waals surface area contributed by atoms with Crippen molar-refractivity contribution < 1.29 is 23.5 Å². The molecule has 1 aromatic heterocycles. The highest BCUT2D eigenvalue weighted by atomic mass is 19.1. The van der Waals surface area contributed by atoms with Crippen LogP contribution in [0.25, 0.3) is 0 Å². The summed E-state index contributed by atoms with van der Waals surface area (Å²) < 4.78 is 29.9. The van der Waals surface area contributed by atoms with Gasteiger partial charge in [-0.3, -0.25) is 4.90 Å². The van der Waals surface area contributed by atoms with Gasteiger partial charge in [0.2, 0.25) is 0 Å². The molecule has 2 aromatic rings. The van der Waals surface area contributed by atoms with Gasteiger partial charge >= 0.3 is 0 Å². The SMILES string of the molecule is COc1cc(F)c(CN2C[C@@H](Cc3cc(C)no3)[C@@H](O)C2)cc1OC. The van der Waals surface area contributed by atoms with E-state index in [9.17, 15) is 9.50 Å². The number of hydrogen-bond acceptors (Lipinski definition) is 6. The second-order valence-corrected chi connectivity index (χ2v) is 6.46. The van der Waals surface area contributed by atoms with Crippen LogP contribution in [0.15, 0.2) is 22.7 Å². The molecule has 0 amide bonds. The van der Waals surface area contributed by atoms with Crippen LogP contribution in [0.4, 0.5) is 4.39 Å². The molecule has 25 heavy (non-hydrogen) atoms. The number of methoxy groups -OCH3 is 2. The smallest absolute Gasteiger partial charge is 0.163 e. The van der Waals surface area contributed by atoms with E-state index >= 15 is 0 Å². The van der Waals surface area contributed by atoms with Crippen molar-refractivity contribution in [2.45, 2.75) is 26.0 Å². The number of ether oxygens (including phenoxy) is 2. The predicted octanol–water partition coefficient (Wildman–Crippen LogP) is 2.17. The molecule has 0 bridgehead atoms. The van der Waals surface area contributed by atoms with Gasteiger partial charge < -0.3 is 19.1 Å². The van der Waals surface area contributed by atoms with Gasteiger partial charge in [-0.25, -0.2) is 4.39 Å². The van der Waals surface area contributed by atoms with Crippen LogP contribution in [0.1, 0.15) is 17.0 Å². The van der Waals surface area contributed by atoms with Gasteiger partial charge in [-0.2, -0.15) is 0 Å². The third-order valence-electron chi connectivity index (χ3n) is 4.57. The minimum absolute atomic E-state index is 0.0376. The number of halogens is 1. The van der Waals surface area contributed by atoms with Gasteiger partial charge in [-0.15, -0.1) is 0 Å². The van der Waals surface area contributed by atoms with Gasteiger partial charge in [0.15, 0.2) is 11.5 Å². The highest BCUT2D eigenvalue weighted by Crippen LogP contribution is 2.31. The van der Waals surface area contributed by atoms with E-state index in [4.69, 9.17) is 14.0 Å². The van der Waals surface area contributed by atoms with E-state index in [1.54, 1.807) is 6.07 Å². The zero-order chi connectivity index (χ0) is 18.0. The van der Waals surface area contributed by atoms with Crippen LogP contribution >= 0.6 is 0 Å². The number of rotatable bonds is 6. The topological polar surface area (TPSA) is 68.0 Å². The van der Waals surface area contributed by atoms with Crippen molar-refractivity contribution in [1.29, 1.82) is 0 Å². The largest absolute Gasteiger partial charge is 0.493 e. The lowest BCUT2D eigenvalue weighted by molar-refractivity contribution is 0.137. The second-order valence-electron chi connectivity index (χ2n) is 6.46. The molecule has 6 nitrogen and oxygen atoms in total. The monoisotopic (exact) mass is 350 g/mol. The predicted molar refractivity (Wildman–Crippen MR) is 89.2 cm³/mol. The van der Waals surface area contributed by atoms with E-state index in [-0.39, 0.29) is 11.7 Å². The maximum absolute atomic E-state index is 14.3. The highest BCUT2D eigenvalue weighted by molar-refractivity contribution is 5.43. The van der Waals surface area contributed by atoms with Crippen molar-refractivity contribution in [2.24, 2.45) is 5.92 Å². The van der Waals surface area contributed by atoms with E-state index < -0.39 is 6.10 Å². The minimum Gasteiger partial charge on any atom is -0.493 e. The number of aromatic nitrogens is 1. The van der Waals surface area contributed by atoms with Crippen molar-refractivity contribution in [3.05, 3.63) is 41.0 Å². The normalized spacial score (nSPS) is 20.8. The second kappa shape index (κ2) is 7.41. The average molecular weight is 350 g/mol. The summed E-state index contributed by atoms with van der Waals surface area (Å²) in [6.07, 6.45) is 0.140. The van der Waals surface area contributed by atoms with E-state index in [0.29, 0.717) is 43.1 Å². The van der Waals surface area contributed by atoms with Crippen molar-refractivity contribution in [2.75, 3.05) is 27.3 Å². The van der Waals surface area contributed by atoms with Gasteiger partial charge in [-0.1, -0.05) is 5.16 Å². The molecule has 0 spiro atoms. The first kappa shape index (κ1) is 17.7. The Kier molecular flexibility index (Phi) is 5.24. The Labute approximate surface area is 146 Å². The van der Waals surface area contributed by atoms with Gasteiger partial charge in [0.05, 0.1) is 26.0 Å². The van der Waals surface area contributed by atoms with Crippen LogP contribution in [-0.2, 0) is 13.0 Å². The number of aliphatic hydroxyl groups is 1. The van der Waals surface area contributed by atoms with Crippen molar-refractivity contribution in [3.8, 4) is 11.5 Å². The number of hydrogen-bond donors (Lipinski definition) is 1. The summed E-state index contributed by atoms with van der Waals surface area (Å²) in [6, 6.07) is 4.85. The molecule has 1 aliphatic rings. The molecule has 2 heterocycles. The minimum atomic E-state index is -0.478. The quantitative estimate of drug-likeness (QED) is 0.861. The third kappa shape index (κ3) is 3.93. The van der Waals surface area contributed by atoms with Crippen molar-refractivity contribution >= 4 is 0 Å². The van der Waals surface area contributed by atoms with E-state index in [0.717, 1.165) is 11.5 Å². The zero-order valence-electron chi connectivity index (χ0n) is 14.7. The fourth-order valence-corrected chi connectivity index (χ4v) is 3.30. The molecule has 3 rings (SSSR count). The fourth-order valence-electron chi connectivity index (χ4n) is 3.30. The number of benzene rings is 1. The number of β-amino-alcohol motifs (C(OH)–C–C–N with tert-alkyl or cyclic N) is 1. The lowest BCUT2D eigenvalue weighted by atomic mass is 10.0. The van der Waals surface area contributed by atoms with Crippen LogP contribution in [0.3, 0.4) is 0 Å². The summed E-state index contributed by atoms with van der Waals surface area (Å²) in [5.74, 6) is 1.31. The Hall–Kier alpha value is -2.12. The first-order valence-corrected chi connectivity index (χ1v) is 8.23. The van der Waals surface area contributed by atoms with E-state index in [2.05, 4.69) is 5.16 Å². The molecular weight excluding hydrogens is 327 g/mol. The van der Waals surface area contributed by atoms with Gasteiger partial charge in [0.1, 0.15) is 11.6 Å². The van der Waals surface area contributed by atoms with Crippen LogP contribution in [0.5, 0.6) is 11.5 Å². The molecule has 1 aliphatic heterocycles. The molecule has 0 radical (unpaired) electrons. The van der Waals surface area contributed by atoms with Crippen molar-refractivity contribution in [1.82, 2.24) is 10.1 Å². The first-order valence-electron chi connectivity index (χ1n) is 8.23. The maximum Gasteiger partial charge on any atom is 0.163 e. The Balaban J connectivity index is 1.68. The molecule has 1 N–H and O–H groups in total. The molecular formula is C18H23FN2O4. The standard InChI is InChI=1S/C18H23FN2O4/c1-11-4-14(25-20-11)5-13-9-21(10-16(13)22)8-12-6-17(23-2)18(24-3)7-15(12)19/h4,6-7,13,16,22H,5,8-10H2,1-3H3/t13-,16+/m1/s1. The van der Waals surface area contributed by atoms with E-state index in [1.807, 2.05) is 17.9 Å². The summed E-state index contributed by atoms with van der Waals surface area (Å²) in [4.78, 5) is 2.03. The summed E-state index contributed by atoms with van der Waals surface area (Å²) >= 11 is 0. The van der Waals surface area contributed by atoms with Crippen LogP contribution in [-0.4, -0.2) is 48.6 Å². The molecule has 0 aliphatic carbocycles. The van der Waals surface area contributed by atoms with Crippen molar-refractivity contribution in [3.63, 3.8) is 0 Å². The lowest BCUT2D eigenvalue weighted by Gasteiger charge is -2.17. The number of aliphatic hydroxyl groups excluding tert-OH is 1. The molecule has 0 saturated carbocycles. The molecule has 1 saturated heterocycles. The van der Waals surface area contributed by atoms with Gasteiger partial charge in [-0.05, 0) is 13.0 Å². The maximum atomic E-state index is 14.3.